The number of likely N-dealkylation sites (N-methyl/N-ethyl adjacent to an activating group) is 1. The van der Waals surface area contributed by atoms with Crippen molar-refractivity contribution in [1.82, 2.24) is 4.90 Å². The van der Waals surface area contributed by atoms with Gasteiger partial charge in [0.25, 0.3) is 0 Å². The maximum atomic E-state index is 13.3. The lowest BCUT2D eigenvalue weighted by Crippen LogP contribution is -2.40. The lowest BCUT2D eigenvalue weighted by atomic mass is 9.81. The van der Waals surface area contributed by atoms with Crippen LogP contribution in [0.5, 0.6) is 0 Å². The smallest absolute Gasteiger partial charge is 0.226 e. The highest BCUT2D eigenvalue weighted by Crippen LogP contribution is 2.34. The first-order valence-electron chi connectivity index (χ1n) is 8.68. The van der Waals surface area contributed by atoms with Crippen molar-refractivity contribution in [3.63, 3.8) is 0 Å². The van der Waals surface area contributed by atoms with Crippen LogP contribution in [0.2, 0.25) is 0 Å². The summed E-state index contributed by atoms with van der Waals surface area (Å²) in [6.45, 7) is 0. The molecule has 0 heterocycles. The highest BCUT2D eigenvalue weighted by Gasteiger charge is 2.27. The van der Waals surface area contributed by atoms with Crippen LogP contribution in [0, 0.1) is 5.82 Å². The zero-order valence-electron chi connectivity index (χ0n) is 14.1. The molecule has 0 N–H and O–H groups in total. The summed E-state index contributed by atoms with van der Waals surface area (Å²) >= 11 is 0. The van der Waals surface area contributed by atoms with Crippen LogP contribution in [0.4, 0.5) is 4.39 Å². The Balaban J connectivity index is 1.55. The normalized spacial score (nSPS) is 20.6. The molecule has 2 aromatic carbocycles. The Labute approximate surface area is 143 Å². The predicted octanol–water partition coefficient (Wildman–Crippen LogP) is 4.55. The van der Waals surface area contributed by atoms with Crippen molar-refractivity contribution < 1.29 is 9.18 Å². The van der Waals surface area contributed by atoms with Gasteiger partial charge in [0.05, 0.1) is 6.42 Å². The average molecular weight is 325 g/mol. The van der Waals surface area contributed by atoms with Crippen molar-refractivity contribution in [2.75, 3.05) is 7.05 Å². The molecule has 2 aromatic rings. The molecule has 3 rings (SSSR count). The summed E-state index contributed by atoms with van der Waals surface area (Å²) in [5.74, 6) is 0.393. The second-order valence-electron chi connectivity index (χ2n) is 6.73. The fraction of sp³-hybridized carbons (Fsp3) is 0.381. The molecule has 0 radical (unpaired) electrons. The Kier molecular flexibility index (Phi) is 5.29. The van der Waals surface area contributed by atoms with Gasteiger partial charge in [0, 0.05) is 13.1 Å². The molecule has 2 nitrogen and oxygen atoms in total. The fourth-order valence-corrected chi connectivity index (χ4v) is 3.67. The van der Waals surface area contributed by atoms with E-state index < -0.39 is 0 Å². The highest BCUT2D eigenvalue weighted by atomic mass is 19.1. The van der Waals surface area contributed by atoms with Gasteiger partial charge in [0.2, 0.25) is 5.91 Å². The van der Waals surface area contributed by atoms with E-state index in [4.69, 9.17) is 0 Å². The quantitative estimate of drug-likeness (QED) is 0.807. The van der Waals surface area contributed by atoms with Gasteiger partial charge in [-0.25, -0.2) is 4.39 Å². The number of halogens is 1. The SMILES string of the molecule is CN(C(=O)Cc1cccc(F)c1)C1CCC(c2ccccc2)CC1. The van der Waals surface area contributed by atoms with Crippen molar-refractivity contribution in [3.8, 4) is 0 Å². The molecule has 1 fully saturated rings. The molecule has 0 spiro atoms. The molecule has 3 heteroatoms. The Morgan fingerprint density at radius 3 is 2.42 bits per heavy atom. The van der Waals surface area contributed by atoms with E-state index in [0.29, 0.717) is 12.0 Å². The molecule has 0 atom stereocenters. The second-order valence-corrected chi connectivity index (χ2v) is 6.73. The molecule has 0 bridgehead atoms. The maximum absolute atomic E-state index is 13.3. The van der Waals surface area contributed by atoms with Crippen LogP contribution in [0.25, 0.3) is 0 Å². The van der Waals surface area contributed by atoms with E-state index in [2.05, 4.69) is 24.3 Å². The summed E-state index contributed by atoms with van der Waals surface area (Å²) in [5, 5.41) is 0. The predicted molar refractivity (Wildman–Crippen MR) is 94.3 cm³/mol. The first-order valence-corrected chi connectivity index (χ1v) is 8.68. The summed E-state index contributed by atoms with van der Waals surface area (Å²) in [6.07, 6.45) is 4.57. The van der Waals surface area contributed by atoms with Crippen LogP contribution in [-0.4, -0.2) is 23.9 Å². The first-order chi connectivity index (χ1) is 11.6. The van der Waals surface area contributed by atoms with Crippen LogP contribution in [0.3, 0.4) is 0 Å². The van der Waals surface area contributed by atoms with Crippen LogP contribution in [0.15, 0.2) is 54.6 Å². The maximum Gasteiger partial charge on any atom is 0.226 e. The topological polar surface area (TPSA) is 20.3 Å². The number of benzene rings is 2. The number of nitrogens with zero attached hydrogens (tertiary/aromatic N) is 1. The van der Waals surface area contributed by atoms with Gasteiger partial charge in [-0.15, -0.1) is 0 Å². The van der Waals surface area contributed by atoms with Gasteiger partial charge in [-0.05, 0) is 54.9 Å². The Morgan fingerprint density at radius 2 is 1.75 bits per heavy atom. The van der Waals surface area contributed by atoms with E-state index in [-0.39, 0.29) is 18.1 Å². The van der Waals surface area contributed by atoms with Gasteiger partial charge < -0.3 is 4.90 Å². The van der Waals surface area contributed by atoms with Crippen LogP contribution in [0.1, 0.15) is 42.7 Å². The summed E-state index contributed by atoms with van der Waals surface area (Å²) in [6, 6.07) is 17.2. The van der Waals surface area contributed by atoms with Crippen molar-refractivity contribution in [2.45, 2.75) is 44.1 Å². The standard InChI is InChI=1S/C21H24FNO/c1-23(21(24)15-16-6-5-9-19(22)14-16)20-12-10-18(11-13-20)17-7-3-2-4-8-17/h2-9,14,18,20H,10-13,15H2,1H3. The molecule has 0 aromatic heterocycles. The molecular formula is C21H24FNO. The largest absolute Gasteiger partial charge is 0.342 e. The summed E-state index contributed by atoms with van der Waals surface area (Å²) in [5.41, 5.74) is 2.15. The number of hydrogen-bond acceptors (Lipinski definition) is 1. The zero-order valence-corrected chi connectivity index (χ0v) is 14.1. The number of hydrogen-bond donors (Lipinski definition) is 0. The van der Waals surface area contributed by atoms with Gasteiger partial charge in [-0.1, -0.05) is 42.5 Å². The van der Waals surface area contributed by atoms with Crippen LogP contribution >= 0.6 is 0 Å². The number of carbonyl (C=O) groups is 1. The van der Waals surface area contributed by atoms with Gasteiger partial charge >= 0.3 is 0 Å². The summed E-state index contributed by atoms with van der Waals surface area (Å²) in [7, 11) is 1.88. The minimum absolute atomic E-state index is 0.0729. The molecule has 0 aliphatic heterocycles. The molecular weight excluding hydrogens is 301 g/mol. The molecule has 1 aliphatic carbocycles. The van der Waals surface area contributed by atoms with E-state index >= 15 is 0 Å². The number of amides is 1. The Morgan fingerprint density at radius 1 is 1.04 bits per heavy atom. The van der Waals surface area contributed by atoms with Gasteiger partial charge in [0.15, 0.2) is 0 Å². The lowest BCUT2D eigenvalue weighted by Gasteiger charge is -2.35. The Bertz CT molecular complexity index is 677. The molecule has 1 amide bonds. The zero-order chi connectivity index (χ0) is 16.9. The minimum atomic E-state index is -0.286. The summed E-state index contributed by atoms with van der Waals surface area (Å²) < 4.78 is 13.3. The molecule has 1 saturated carbocycles. The van der Waals surface area contributed by atoms with Gasteiger partial charge in [0.1, 0.15) is 5.82 Å². The second kappa shape index (κ2) is 7.61. The van der Waals surface area contributed by atoms with E-state index in [0.717, 1.165) is 31.2 Å². The third kappa shape index (κ3) is 4.02. The third-order valence-electron chi connectivity index (χ3n) is 5.15. The average Bonchev–Trinajstić information content (AvgIpc) is 2.62. The van der Waals surface area contributed by atoms with Gasteiger partial charge in [-0.3, -0.25) is 4.79 Å². The first kappa shape index (κ1) is 16.7. The Hall–Kier alpha value is -2.16. The molecule has 126 valence electrons. The van der Waals surface area contributed by atoms with E-state index in [1.165, 1.54) is 17.7 Å². The van der Waals surface area contributed by atoms with E-state index in [1.54, 1.807) is 12.1 Å². The fourth-order valence-electron chi connectivity index (χ4n) is 3.67. The van der Waals surface area contributed by atoms with Crippen LogP contribution in [-0.2, 0) is 11.2 Å². The molecule has 0 saturated heterocycles. The minimum Gasteiger partial charge on any atom is -0.342 e. The summed E-state index contributed by atoms with van der Waals surface area (Å²) in [4.78, 5) is 14.3. The van der Waals surface area contributed by atoms with Crippen molar-refractivity contribution in [3.05, 3.63) is 71.5 Å². The monoisotopic (exact) mass is 325 g/mol. The molecule has 1 aliphatic rings. The van der Waals surface area contributed by atoms with Gasteiger partial charge in [-0.2, -0.15) is 0 Å². The van der Waals surface area contributed by atoms with E-state index in [1.807, 2.05) is 18.0 Å². The van der Waals surface area contributed by atoms with E-state index in [9.17, 15) is 9.18 Å². The van der Waals surface area contributed by atoms with Crippen molar-refractivity contribution >= 4 is 5.91 Å². The molecule has 24 heavy (non-hydrogen) atoms. The number of rotatable bonds is 4. The third-order valence-corrected chi connectivity index (χ3v) is 5.15. The van der Waals surface area contributed by atoms with Crippen molar-refractivity contribution in [1.29, 1.82) is 0 Å². The van der Waals surface area contributed by atoms with Crippen molar-refractivity contribution in [2.24, 2.45) is 0 Å². The highest BCUT2D eigenvalue weighted by molar-refractivity contribution is 5.78. The van der Waals surface area contributed by atoms with Crippen LogP contribution < -0.4 is 0 Å². The lowest BCUT2D eigenvalue weighted by molar-refractivity contribution is -0.131. The number of carbonyl (C=O) groups excluding carboxylic acids is 1. The molecule has 0 unspecified atom stereocenters.